The topological polar surface area (TPSA) is 92.9 Å². The molecule has 0 aliphatic heterocycles. The van der Waals surface area contributed by atoms with Crippen LogP contribution in [-0.4, -0.2) is 15.9 Å². The second kappa shape index (κ2) is 13.3. The number of rotatable bonds is 9. The molecule has 0 bridgehead atoms. The van der Waals surface area contributed by atoms with Crippen molar-refractivity contribution in [3.8, 4) is 11.1 Å². The van der Waals surface area contributed by atoms with E-state index in [-0.39, 0.29) is 11.6 Å². The van der Waals surface area contributed by atoms with Gasteiger partial charge in [0.2, 0.25) is 5.91 Å². The van der Waals surface area contributed by atoms with Gasteiger partial charge in [0.25, 0.3) is 0 Å². The van der Waals surface area contributed by atoms with Gasteiger partial charge in [0.15, 0.2) is 0 Å². The smallest absolute Gasteiger partial charge is 0.248 e. The first kappa shape index (κ1) is 30.0. The van der Waals surface area contributed by atoms with E-state index in [0.29, 0.717) is 28.3 Å². The third kappa shape index (κ3) is 6.54. The Hall–Kier alpha value is -6.08. The lowest BCUT2D eigenvalue weighted by Crippen LogP contribution is -2.38. The average molecular weight is 606 g/mol. The Morgan fingerprint density at radius 3 is 1.96 bits per heavy atom. The number of carbonyl (C=O) groups excluding carboxylic acids is 1. The van der Waals surface area contributed by atoms with Gasteiger partial charge in [-0.1, -0.05) is 103 Å². The number of aryl methyl sites for hydroxylation is 1. The fourth-order valence-electron chi connectivity index (χ4n) is 5.55. The van der Waals surface area contributed by atoms with Crippen LogP contribution in [0.2, 0.25) is 0 Å². The van der Waals surface area contributed by atoms with E-state index in [9.17, 15) is 9.18 Å². The molecule has 6 rings (SSSR count). The summed E-state index contributed by atoms with van der Waals surface area (Å²) in [6.45, 7) is 1.99. The van der Waals surface area contributed by atoms with Crippen LogP contribution in [0.25, 0.3) is 17.2 Å². The van der Waals surface area contributed by atoms with E-state index in [1.807, 2.05) is 73.7 Å². The number of hydrogen-bond donors (Lipinski definition) is 3. The predicted molar refractivity (Wildman–Crippen MR) is 184 cm³/mol. The average Bonchev–Trinajstić information content (AvgIpc) is 3.08. The van der Waals surface area contributed by atoms with Gasteiger partial charge in [0.1, 0.15) is 23.0 Å². The number of nitrogens with one attached hydrogen (secondary N) is 2. The second-order valence-electron chi connectivity index (χ2n) is 10.9. The maximum Gasteiger partial charge on any atom is 0.248 e. The summed E-state index contributed by atoms with van der Waals surface area (Å²) in [6.07, 6.45) is 4.60. The summed E-state index contributed by atoms with van der Waals surface area (Å²) < 4.78 is 13.8. The van der Waals surface area contributed by atoms with Gasteiger partial charge in [-0.15, -0.1) is 0 Å². The number of nitrogen functional groups attached to an aromatic ring is 1. The largest absolute Gasteiger partial charge is 0.382 e. The third-order valence-electron chi connectivity index (χ3n) is 7.67. The van der Waals surface area contributed by atoms with Crippen LogP contribution in [0.4, 0.5) is 21.7 Å². The molecule has 7 heteroatoms. The van der Waals surface area contributed by atoms with Gasteiger partial charge >= 0.3 is 0 Å². The van der Waals surface area contributed by atoms with E-state index < -0.39 is 11.4 Å². The van der Waals surface area contributed by atoms with Crippen molar-refractivity contribution in [3.05, 3.63) is 179 Å². The molecule has 0 radical (unpaired) electrons. The quantitative estimate of drug-likeness (QED) is 0.114. The number of aromatic nitrogens is 2. The number of benzene rings is 4. The van der Waals surface area contributed by atoms with E-state index in [2.05, 4.69) is 52.0 Å². The predicted octanol–water partition coefficient (Wildman–Crippen LogP) is 8.23. The van der Waals surface area contributed by atoms with Gasteiger partial charge in [-0.05, 0) is 71.1 Å². The van der Waals surface area contributed by atoms with Gasteiger partial charge < -0.3 is 16.4 Å². The minimum atomic E-state index is -0.750. The standard InChI is InChI=1S/C39H32FN5O/c1-27-22-34(20-21-37(46)44-35-25-29(26-42-38(35)41)28-12-11-19-33(40)24-28)43-36(23-27)45-39(30-13-5-2-6-14-30,31-15-7-3-8-16-31)32-17-9-4-10-18-32/h2-26H,1H3,(H2,41,42)(H,43,45)(H,44,46)/b21-20+. The third-order valence-corrected chi connectivity index (χ3v) is 7.67. The zero-order chi connectivity index (χ0) is 31.9. The SMILES string of the molecule is Cc1cc(/C=C/C(=O)Nc2cc(-c3cccc(F)c3)cnc2N)nc(NC(c2ccccc2)(c2ccccc2)c2ccccc2)c1. The molecule has 1 amide bonds. The molecule has 0 saturated carbocycles. The van der Waals surface area contributed by atoms with Gasteiger partial charge in [-0.3, -0.25) is 4.79 Å². The number of nitrogens with two attached hydrogens (primary N) is 1. The van der Waals surface area contributed by atoms with Crippen LogP contribution in [0.15, 0.2) is 146 Å². The van der Waals surface area contributed by atoms with E-state index in [1.165, 1.54) is 18.2 Å². The molecule has 4 aromatic carbocycles. The molecule has 2 heterocycles. The van der Waals surface area contributed by atoms with Gasteiger partial charge in [0, 0.05) is 17.8 Å². The van der Waals surface area contributed by atoms with Crippen molar-refractivity contribution in [2.75, 3.05) is 16.4 Å². The normalized spacial score (nSPS) is 11.3. The molecule has 0 fully saturated rings. The molecule has 0 unspecified atom stereocenters. The molecular weight excluding hydrogens is 573 g/mol. The van der Waals surface area contributed by atoms with Crippen LogP contribution in [0.1, 0.15) is 27.9 Å². The van der Waals surface area contributed by atoms with Crippen LogP contribution >= 0.6 is 0 Å². The van der Waals surface area contributed by atoms with Crippen LogP contribution in [0, 0.1) is 12.7 Å². The fourth-order valence-corrected chi connectivity index (χ4v) is 5.55. The van der Waals surface area contributed by atoms with Crippen molar-refractivity contribution in [1.82, 2.24) is 9.97 Å². The van der Waals surface area contributed by atoms with Crippen LogP contribution in [-0.2, 0) is 10.3 Å². The monoisotopic (exact) mass is 605 g/mol. The zero-order valence-corrected chi connectivity index (χ0v) is 25.2. The molecule has 6 aromatic rings. The molecule has 6 nitrogen and oxygen atoms in total. The second-order valence-corrected chi connectivity index (χ2v) is 10.9. The number of pyridine rings is 2. The number of halogens is 1. The summed E-state index contributed by atoms with van der Waals surface area (Å²) in [5.74, 6) is 0.0276. The number of anilines is 3. The summed E-state index contributed by atoms with van der Waals surface area (Å²) in [4.78, 5) is 22.1. The molecule has 0 aliphatic rings. The van der Waals surface area contributed by atoms with Gasteiger partial charge in [-0.25, -0.2) is 14.4 Å². The molecule has 226 valence electrons. The minimum absolute atomic E-state index is 0.154. The highest BCUT2D eigenvalue weighted by Gasteiger charge is 2.36. The summed E-state index contributed by atoms with van der Waals surface area (Å²) in [5, 5.41) is 6.57. The van der Waals surface area contributed by atoms with Crippen LogP contribution in [0.5, 0.6) is 0 Å². The highest BCUT2D eigenvalue weighted by molar-refractivity contribution is 6.03. The molecule has 2 aromatic heterocycles. The van der Waals surface area contributed by atoms with Crippen molar-refractivity contribution in [1.29, 1.82) is 0 Å². The van der Waals surface area contributed by atoms with E-state index in [0.717, 1.165) is 22.3 Å². The first-order valence-electron chi connectivity index (χ1n) is 14.8. The van der Waals surface area contributed by atoms with Gasteiger partial charge in [0.05, 0.1) is 11.4 Å². The Bertz CT molecular complexity index is 1900. The Balaban J connectivity index is 1.31. The van der Waals surface area contributed by atoms with Crippen molar-refractivity contribution in [3.63, 3.8) is 0 Å². The highest BCUT2D eigenvalue weighted by atomic mass is 19.1. The Morgan fingerprint density at radius 1 is 0.761 bits per heavy atom. The molecule has 0 atom stereocenters. The van der Waals surface area contributed by atoms with Crippen molar-refractivity contribution in [2.24, 2.45) is 0 Å². The number of hydrogen-bond acceptors (Lipinski definition) is 5. The molecule has 4 N–H and O–H groups in total. The molecule has 0 spiro atoms. The Kier molecular flexibility index (Phi) is 8.65. The Labute approximate surface area is 267 Å². The number of amides is 1. The first-order valence-corrected chi connectivity index (χ1v) is 14.8. The first-order chi connectivity index (χ1) is 22.4. The maximum absolute atomic E-state index is 13.8. The van der Waals surface area contributed by atoms with E-state index >= 15 is 0 Å². The van der Waals surface area contributed by atoms with E-state index in [1.54, 1.807) is 30.5 Å². The number of nitrogens with zero attached hydrogens (tertiary/aromatic N) is 2. The molecule has 0 saturated heterocycles. The summed E-state index contributed by atoms with van der Waals surface area (Å²) in [7, 11) is 0. The zero-order valence-electron chi connectivity index (χ0n) is 25.2. The minimum Gasteiger partial charge on any atom is -0.382 e. The lowest BCUT2D eigenvalue weighted by molar-refractivity contribution is -0.111. The maximum atomic E-state index is 13.8. The summed E-state index contributed by atoms with van der Waals surface area (Å²) >= 11 is 0. The lowest BCUT2D eigenvalue weighted by atomic mass is 9.77. The van der Waals surface area contributed by atoms with Crippen LogP contribution in [0.3, 0.4) is 0 Å². The summed E-state index contributed by atoms with van der Waals surface area (Å²) in [5.41, 5.74) is 11.6. The number of carbonyl (C=O) groups is 1. The van der Waals surface area contributed by atoms with E-state index in [4.69, 9.17) is 10.7 Å². The lowest BCUT2D eigenvalue weighted by Gasteiger charge is -2.37. The van der Waals surface area contributed by atoms with Crippen LogP contribution < -0.4 is 16.4 Å². The molecule has 0 aliphatic carbocycles. The Morgan fingerprint density at radius 2 is 1.37 bits per heavy atom. The van der Waals surface area contributed by atoms with Crippen molar-refractivity contribution >= 4 is 29.3 Å². The molecule has 46 heavy (non-hydrogen) atoms. The molecular formula is C39H32FN5O. The fraction of sp³-hybridized carbons (Fsp3) is 0.0513. The van der Waals surface area contributed by atoms with Crippen molar-refractivity contribution < 1.29 is 9.18 Å². The van der Waals surface area contributed by atoms with Gasteiger partial charge in [-0.2, -0.15) is 0 Å². The van der Waals surface area contributed by atoms with Crippen molar-refractivity contribution in [2.45, 2.75) is 12.5 Å². The summed E-state index contributed by atoms with van der Waals surface area (Å²) in [6, 6.07) is 42.6. The highest BCUT2D eigenvalue weighted by Crippen LogP contribution is 2.40.